The van der Waals surface area contributed by atoms with Crippen LogP contribution in [0.4, 0.5) is 10.5 Å². The lowest BCUT2D eigenvalue weighted by atomic mass is 10.0. The van der Waals surface area contributed by atoms with Gasteiger partial charge in [0.1, 0.15) is 11.2 Å². The van der Waals surface area contributed by atoms with Crippen LogP contribution in [-0.4, -0.2) is 60.4 Å². The maximum Gasteiger partial charge on any atom is 0.412 e. The van der Waals surface area contributed by atoms with Gasteiger partial charge in [-0.05, 0) is 75.2 Å². The molecule has 1 fully saturated rings. The Labute approximate surface area is 225 Å². The van der Waals surface area contributed by atoms with E-state index in [1.807, 2.05) is 29.3 Å². The quantitative estimate of drug-likeness (QED) is 0.332. The molecule has 1 saturated heterocycles. The molecule has 10 heteroatoms. The van der Waals surface area contributed by atoms with E-state index in [4.69, 9.17) is 4.74 Å². The summed E-state index contributed by atoms with van der Waals surface area (Å²) in [5, 5.41) is 12.4. The Bertz CT molecular complexity index is 1700. The van der Waals surface area contributed by atoms with Gasteiger partial charge >= 0.3 is 6.09 Å². The van der Waals surface area contributed by atoms with Crippen LogP contribution in [0.25, 0.3) is 27.7 Å². The molecule has 1 aliphatic heterocycles. The van der Waals surface area contributed by atoms with Crippen molar-refractivity contribution in [2.24, 2.45) is 0 Å². The maximum atomic E-state index is 13.3. The summed E-state index contributed by atoms with van der Waals surface area (Å²) in [6.07, 6.45) is 5.61. The van der Waals surface area contributed by atoms with Crippen molar-refractivity contribution in [3.8, 4) is 11.1 Å². The van der Waals surface area contributed by atoms with Crippen LogP contribution in [0.1, 0.15) is 49.2 Å². The first-order chi connectivity index (χ1) is 18.7. The van der Waals surface area contributed by atoms with Gasteiger partial charge in [-0.15, -0.1) is 0 Å². The fraction of sp³-hybridized carbons (Fsp3) is 0.276. The van der Waals surface area contributed by atoms with Gasteiger partial charge in [0.15, 0.2) is 0 Å². The molecule has 4 aromatic heterocycles. The molecule has 10 nitrogen and oxygen atoms in total. The van der Waals surface area contributed by atoms with E-state index in [9.17, 15) is 9.59 Å². The fourth-order valence-corrected chi connectivity index (χ4v) is 5.07. The Balaban J connectivity index is 1.20. The number of ether oxygens (including phenoxy) is 1. The van der Waals surface area contributed by atoms with E-state index in [2.05, 4.69) is 31.5 Å². The molecule has 6 rings (SSSR count). The summed E-state index contributed by atoms with van der Waals surface area (Å²) in [4.78, 5) is 35.4. The van der Waals surface area contributed by atoms with Gasteiger partial charge < -0.3 is 14.6 Å². The van der Waals surface area contributed by atoms with Gasteiger partial charge in [0.25, 0.3) is 5.91 Å². The van der Waals surface area contributed by atoms with Crippen LogP contribution in [0.2, 0.25) is 0 Å². The number of aromatic nitrogens is 5. The van der Waals surface area contributed by atoms with Crippen molar-refractivity contribution < 1.29 is 14.3 Å². The largest absolute Gasteiger partial charge is 0.444 e. The van der Waals surface area contributed by atoms with Gasteiger partial charge in [0.2, 0.25) is 0 Å². The number of carbonyl (C=O) groups excluding carboxylic acids is 2. The summed E-state index contributed by atoms with van der Waals surface area (Å²) in [7, 11) is 0. The molecule has 2 N–H and O–H groups in total. The van der Waals surface area contributed by atoms with E-state index in [1.54, 1.807) is 62.1 Å². The van der Waals surface area contributed by atoms with Crippen LogP contribution in [0.3, 0.4) is 0 Å². The molecule has 1 aromatic carbocycles. The summed E-state index contributed by atoms with van der Waals surface area (Å²) in [5.74, 6) is 0.0868. The molecule has 198 valence electrons. The lowest BCUT2D eigenvalue weighted by Crippen LogP contribution is -2.29. The van der Waals surface area contributed by atoms with Crippen LogP contribution in [0.15, 0.2) is 67.1 Å². The highest BCUT2D eigenvalue weighted by Gasteiger charge is 2.30. The third-order valence-corrected chi connectivity index (χ3v) is 6.82. The molecule has 1 aliphatic rings. The van der Waals surface area contributed by atoms with Crippen LogP contribution in [0.5, 0.6) is 0 Å². The van der Waals surface area contributed by atoms with Crippen molar-refractivity contribution in [2.75, 3.05) is 18.4 Å². The molecule has 1 unspecified atom stereocenters. The highest BCUT2D eigenvalue weighted by atomic mass is 16.6. The zero-order valence-corrected chi connectivity index (χ0v) is 22.0. The van der Waals surface area contributed by atoms with Crippen LogP contribution in [0, 0.1) is 0 Å². The first kappa shape index (κ1) is 24.6. The van der Waals surface area contributed by atoms with Gasteiger partial charge in [0.05, 0.1) is 11.7 Å². The van der Waals surface area contributed by atoms with E-state index >= 15 is 0 Å². The predicted octanol–water partition coefficient (Wildman–Crippen LogP) is 5.25. The van der Waals surface area contributed by atoms with Gasteiger partial charge in [-0.2, -0.15) is 14.8 Å². The molecule has 5 heterocycles. The number of amides is 2. The molecule has 0 bridgehead atoms. The fourth-order valence-electron chi connectivity index (χ4n) is 5.07. The summed E-state index contributed by atoms with van der Waals surface area (Å²) in [5.41, 5.74) is 5.23. The molecule has 0 spiro atoms. The average molecular weight is 524 g/mol. The van der Waals surface area contributed by atoms with Crippen LogP contribution >= 0.6 is 0 Å². The summed E-state index contributed by atoms with van der Waals surface area (Å²) in [6, 6.07) is 15.0. The zero-order chi connectivity index (χ0) is 27.1. The molecule has 0 aliphatic carbocycles. The van der Waals surface area contributed by atoms with Crippen molar-refractivity contribution in [1.29, 1.82) is 0 Å². The molecule has 39 heavy (non-hydrogen) atoms. The first-order valence-corrected chi connectivity index (χ1v) is 12.9. The van der Waals surface area contributed by atoms with E-state index < -0.39 is 11.7 Å². The highest BCUT2D eigenvalue weighted by molar-refractivity contribution is 5.98. The number of nitrogens with zero attached hydrogens (tertiary/aromatic N) is 5. The Morgan fingerprint density at radius 1 is 1.05 bits per heavy atom. The molecule has 0 saturated carbocycles. The second-order valence-corrected chi connectivity index (χ2v) is 10.7. The van der Waals surface area contributed by atoms with Gasteiger partial charge in [-0.25, -0.2) is 9.78 Å². The lowest BCUT2D eigenvalue weighted by Gasteiger charge is -2.20. The van der Waals surface area contributed by atoms with Crippen molar-refractivity contribution in [2.45, 2.75) is 38.7 Å². The van der Waals surface area contributed by atoms with Gasteiger partial charge in [0, 0.05) is 59.3 Å². The number of fused-ring (bicyclic) bond motifs is 2. The Hall–Kier alpha value is -4.73. The Morgan fingerprint density at radius 2 is 1.92 bits per heavy atom. The Morgan fingerprint density at radius 3 is 2.77 bits per heavy atom. The minimum absolute atomic E-state index is 0.0703. The lowest BCUT2D eigenvalue weighted by molar-refractivity contribution is 0.0635. The smallest absolute Gasteiger partial charge is 0.412 e. The number of nitrogens with one attached hydrogen (secondary N) is 2. The number of hydrogen-bond donors (Lipinski definition) is 2. The van der Waals surface area contributed by atoms with Crippen LogP contribution in [-0.2, 0) is 4.74 Å². The van der Waals surface area contributed by atoms with Gasteiger partial charge in [-0.3, -0.25) is 10.1 Å². The minimum Gasteiger partial charge on any atom is -0.444 e. The second-order valence-electron chi connectivity index (χ2n) is 10.7. The standard InChI is InChI=1S/C29H29N7O3/c1-29(2,3)39-28(38)33-20-7-4-6-18(14-20)27(37)35-13-10-19(17-35)24-15-22-21(9-12-30-26(22)34-24)23-16-32-36-25(23)8-5-11-31-36/h4-9,11-12,14-16,19H,10,13,17H2,1-3H3,(H,30,34)(H,33,38). The van der Waals surface area contributed by atoms with E-state index in [1.165, 1.54) is 0 Å². The van der Waals surface area contributed by atoms with Crippen molar-refractivity contribution in [3.63, 3.8) is 0 Å². The Kier molecular flexibility index (Phi) is 6.02. The molecule has 0 radical (unpaired) electrons. The number of benzene rings is 1. The number of likely N-dealkylation sites (tertiary alicyclic amines) is 1. The number of hydrogen-bond acceptors (Lipinski definition) is 6. The van der Waals surface area contributed by atoms with Crippen molar-refractivity contribution in [1.82, 2.24) is 29.7 Å². The number of rotatable bonds is 4. The van der Waals surface area contributed by atoms with E-state index in [-0.39, 0.29) is 11.8 Å². The summed E-state index contributed by atoms with van der Waals surface area (Å²) in [6.45, 7) is 6.64. The number of anilines is 1. The number of carbonyl (C=O) groups is 2. The monoisotopic (exact) mass is 523 g/mol. The first-order valence-electron chi connectivity index (χ1n) is 12.9. The summed E-state index contributed by atoms with van der Waals surface area (Å²) < 4.78 is 6.94. The summed E-state index contributed by atoms with van der Waals surface area (Å²) >= 11 is 0. The highest BCUT2D eigenvalue weighted by Crippen LogP contribution is 2.35. The SMILES string of the molecule is CC(C)(C)OC(=O)Nc1cccc(C(=O)N2CCC(c3cc4c(-c5cnn6ncccc56)ccnc4[nH]3)C2)c1. The third-order valence-electron chi connectivity index (χ3n) is 6.82. The normalized spacial score (nSPS) is 15.7. The molecular weight excluding hydrogens is 494 g/mol. The van der Waals surface area contributed by atoms with Crippen molar-refractivity contribution >= 4 is 34.2 Å². The predicted molar refractivity (Wildman–Crippen MR) is 148 cm³/mol. The molecule has 2 amide bonds. The molecular formula is C29H29N7O3. The zero-order valence-electron chi connectivity index (χ0n) is 22.0. The maximum absolute atomic E-state index is 13.3. The van der Waals surface area contributed by atoms with Gasteiger partial charge in [-0.1, -0.05) is 6.07 Å². The topological polar surface area (TPSA) is 118 Å². The average Bonchev–Trinajstić information content (AvgIpc) is 3.65. The third kappa shape index (κ3) is 4.93. The molecule has 1 atom stereocenters. The van der Waals surface area contributed by atoms with E-state index in [0.717, 1.165) is 39.8 Å². The number of pyridine rings is 1. The van der Waals surface area contributed by atoms with E-state index in [0.29, 0.717) is 24.3 Å². The molecule has 5 aromatic rings. The van der Waals surface area contributed by atoms with Crippen LogP contribution < -0.4 is 5.32 Å². The minimum atomic E-state index is -0.606. The number of aromatic amines is 1. The number of H-pyrrole nitrogens is 1. The van der Waals surface area contributed by atoms with Crippen molar-refractivity contribution in [3.05, 3.63) is 78.4 Å². The second kappa shape index (κ2) is 9.54.